The lowest BCUT2D eigenvalue weighted by atomic mass is 9.75. The van der Waals surface area contributed by atoms with Crippen molar-refractivity contribution in [3.05, 3.63) is 70.5 Å². The zero-order valence-corrected chi connectivity index (χ0v) is 18.7. The molecular weight excluding hydrogens is 484 g/mol. The highest BCUT2D eigenvalue weighted by atomic mass is 19.4. The van der Waals surface area contributed by atoms with Crippen molar-refractivity contribution in [2.45, 2.75) is 49.7 Å². The highest BCUT2D eigenvalue weighted by Crippen LogP contribution is 2.42. The van der Waals surface area contributed by atoms with E-state index >= 15 is 4.39 Å². The maximum atomic E-state index is 15.9. The zero-order valence-electron chi connectivity index (χ0n) is 18.7. The summed E-state index contributed by atoms with van der Waals surface area (Å²) in [5.41, 5.74) is -4.73. The molecule has 1 amide bonds. The molecule has 3 rings (SSSR count). The van der Waals surface area contributed by atoms with Gasteiger partial charge in [0.25, 0.3) is 0 Å². The van der Waals surface area contributed by atoms with Crippen LogP contribution in [-0.2, 0) is 23.7 Å². The minimum absolute atomic E-state index is 0.0137. The van der Waals surface area contributed by atoms with Gasteiger partial charge in [-0.2, -0.15) is 26.3 Å². The monoisotopic (exact) mass is 508 g/mol. The largest absolute Gasteiger partial charge is 0.416 e. The number of amides is 1. The van der Waals surface area contributed by atoms with Crippen LogP contribution in [0, 0.1) is 5.82 Å². The van der Waals surface area contributed by atoms with Crippen LogP contribution in [0.4, 0.5) is 35.1 Å². The van der Waals surface area contributed by atoms with Crippen molar-refractivity contribution in [1.29, 1.82) is 0 Å². The number of hydrogen-bond acceptors (Lipinski definition) is 2. The maximum Gasteiger partial charge on any atom is 0.416 e. The number of nitrogens with zero attached hydrogens (tertiary/aromatic N) is 1. The van der Waals surface area contributed by atoms with Crippen LogP contribution in [0.3, 0.4) is 0 Å². The molecule has 2 aromatic rings. The summed E-state index contributed by atoms with van der Waals surface area (Å²) in [7, 11) is 1.23. The molecule has 1 atom stereocenters. The normalized spacial score (nSPS) is 17.2. The topological polar surface area (TPSA) is 32.3 Å². The number of halogens is 8. The van der Waals surface area contributed by atoms with Crippen LogP contribution in [0.15, 0.2) is 42.5 Å². The third-order valence-corrected chi connectivity index (χ3v) is 6.20. The number of alkyl halides is 7. The van der Waals surface area contributed by atoms with Gasteiger partial charge in [0.1, 0.15) is 11.5 Å². The van der Waals surface area contributed by atoms with Crippen LogP contribution in [0.5, 0.6) is 0 Å². The van der Waals surface area contributed by atoms with Gasteiger partial charge in [-0.25, -0.2) is 8.78 Å². The second-order valence-corrected chi connectivity index (χ2v) is 8.76. The first kappa shape index (κ1) is 26.9. The average molecular weight is 508 g/mol. The number of benzene rings is 2. The summed E-state index contributed by atoms with van der Waals surface area (Å²) in [6, 6.07) is 6.16. The van der Waals surface area contributed by atoms with E-state index in [0.717, 1.165) is 17.0 Å². The molecule has 0 aliphatic carbocycles. The molecule has 1 saturated heterocycles. The van der Waals surface area contributed by atoms with E-state index < -0.39 is 53.3 Å². The van der Waals surface area contributed by atoms with E-state index in [0.29, 0.717) is 30.8 Å². The summed E-state index contributed by atoms with van der Waals surface area (Å²) < 4.78 is 108. The molecule has 1 heterocycles. The molecule has 1 aliphatic heterocycles. The summed E-state index contributed by atoms with van der Waals surface area (Å²) in [6.07, 6.45) is -10.2. The Morgan fingerprint density at radius 1 is 0.971 bits per heavy atom. The van der Waals surface area contributed by atoms with Crippen molar-refractivity contribution in [2.75, 3.05) is 20.1 Å². The number of hydrogen-bond donors (Lipinski definition) is 1. The summed E-state index contributed by atoms with van der Waals surface area (Å²) in [5.74, 6) is -2.17. The van der Waals surface area contributed by atoms with E-state index in [9.17, 15) is 35.5 Å². The number of nitrogens with one attached hydrogen (secondary N) is 1. The fourth-order valence-corrected chi connectivity index (χ4v) is 4.29. The van der Waals surface area contributed by atoms with Gasteiger partial charge in [-0.15, -0.1) is 0 Å². The molecule has 11 heteroatoms. The average Bonchev–Trinajstić information content (AvgIpc) is 2.77. The van der Waals surface area contributed by atoms with Crippen molar-refractivity contribution in [1.82, 2.24) is 10.2 Å². The lowest BCUT2D eigenvalue weighted by Crippen LogP contribution is -2.44. The number of rotatable bonds is 6. The van der Waals surface area contributed by atoms with Gasteiger partial charge in [0, 0.05) is 25.9 Å². The number of piperidine rings is 1. The van der Waals surface area contributed by atoms with E-state index in [2.05, 4.69) is 5.32 Å². The Morgan fingerprint density at radius 3 is 1.97 bits per heavy atom. The summed E-state index contributed by atoms with van der Waals surface area (Å²) in [6.45, 7) is 0.189. The van der Waals surface area contributed by atoms with Crippen LogP contribution in [0.1, 0.15) is 47.4 Å². The van der Waals surface area contributed by atoms with Crippen LogP contribution < -0.4 is 5.32 Å². The van der Waals surface area contributed by atoms with Gasteiger partial charge >= 0.3 is 12.4 Å². The first-order valence-corrected chi connectivity index (χ1v) is 10.9. The molecular formula is C24H24F8N2O. The van der Waals surface area contributed by atoms with Crippen LogP contribution in [0.2, 0.25) is 0 Å². The van der Waals surface area contributed by atoms with E-state index in [1.54, 1.807) is 0 Å². The smallest absolute Gasteiger partial charge is 0.341 e. The van der Waals surface area contributed by atoms with E-state index in [1.807, 2.05) is 0 Å². The molecule has 192 valence electrons. The lowest BCUT2D eigenvalue weighted by Gasteiger charge is -2.38. The van der Waals surface area contributed by atoms with Gasteiger partial charge < -0.3 is 10.2 Å². The molecule has 1 fully saturated rings. The molecule has 2 aromatic carbocycles. The summed E-state index contributed by atoms with van der Waals surface area (Å²) >= 11 is 0. The Kier molecular flexibility index (Phi) is 7.78. The second kappa shape index (κ2) is 10.1. The molecule has 1 aliphatic rings. The van der Waals surface area contributed by atoms with E-state index in [-0.39, 0.29) is 30.9 Å². The van der Waals surface area contributed by atoms with Gasteiger partial charge in [-0.1, -0.05) is 12.1 Å². The third-order valence-electron chi connectivity index (χ3n) is 6.20. The highest BCUT2D eigenvalue weighted by Gasteiger charge is 2.42. The van der Waals surface area contributed by atoms with Gasteiger partial charge in [-0.05, 0) is 67.4 Å². The van der Waals surface area contributed by atoms with Gasteiger partial charge in [0.15, 0.2) is 0 Å². The van der Waals surface area contributed by atoms with Crippen molar-refractivity contribution in [3.8, 4) is 0 Å². The van der Waals surface area contributed by atoms with Crippen LogP contribution in [0.25, 0.3) is 0 Å². The van der Waals surface area contributed by atoms with Gasteiger partial charge in [0.2, 0.25) is 5.91 Å². The Balaban J connectivity index is 1.85. The Labute approximate surface area is 197 Å². The molecule has 1 N–H and O–H groups in total. The Bertz CT molecular complexity index is 995. The molecule has 0 aromatic heterocycles. The summed E-state index contributed by atoms with van der Waals surface area (Å²) in [4.78, 5) is 13.9. The highest BCUT2D eigenvalue weighted by molar-refractivity contribution is 5.77. The maximum absolute atomic E-state index is 15.9. The fourth-order valence-electron chi connectivity index (χ4n) is 4.29. The molecule has 0 saturated carbocycles. The van der Waals surface area contributed by atoms with Crippen molar-refractivity contribution in [3.63, 3.8) is 0 Å². The van der Waals surface area contributed by atoms with Crippen molar-refractivity contribution < 1.29 is 39.9 Å². The summed E-state index contributed by atoms with van der Waals surface area (Å²) in [5, 5.41) is 3.02. The fraction of sp³-hybridized carbons (Fsp3) is 0.458. The number of carbonyl (C=O) groups is 1. The molecule has 1 unspecified atom stereocenters. The minimum Gasteiger partial charge on any atom is -0.341 e. The molecule has 3 nitrogen and oxygen atoms in total. The van der Waals surface area contributed by atoms with Gasteiger partial charge in [0.05, 0.1) is 11.1 Å². The van der Waals surface area contributed by atoms with E-state index in [4.69, 9.17) is 0 Å². The van der Waals surface area contributed by atoms with Crippen LogP contribution in [-0.4, -0.2) is 36.6 Å². The Morgan fingerprint density at radius 2 is 1.49 bits per heavy atom. The first-order chi connectivity index (χ1) is 16.2. The Hall–Kier alpha value is -2.69. The molecule has 0 spiro atoms. The molecule has 0 radical (unpaired) electrons. The first-order valence-electron chi connectivity index (χ1n) is 10.9. The predicted octanol–water partition coefficient (Wildman–Crippen LogP) is 6.09. The van der Waals surface area contributed by atoms with Crippen LogP contribution >= 0.6 is 0 Å². The van der Waals surface area contributed by atoms with E-state index in [1.165, 1.54) is 19.2 Å². The van der Waals surface area contributed by atoms with Crippen molar-refractivity contribution in [2.24, 2.45) is 0 Å². The minimum atomic E-state index is -5.01. The molecule has 35 heavy (non-hydrogen) atoms. The predicted molar refractivity (Wildman–Crippen MR) is 113 cm³/mol. The standard InChI is InChI=1S/C24H24F8N2O/c1-34(14-15-10-17(23(27,28)29)12-18(11-15)24(30,31)32)21(35)13-20(16-2-4-19(25)5-3-16)22(26)6-8-33-9-7-22/h2-5,10-12,20,33H,6-9,13-14H2,1H3. The second-order valence-electron chi connectivity index (χ2n) is 8.76. The SMILES string of the molecule is CN(Cc1cc(C(F)(F)F)cc(C(F)(F)F)c1)C(=O)CC(c1ccc(F)cc1)C1(F)CCNCC1. The quantitative estimate of drug-likeness (QED) is 0.480. The van der Waals surface area contributed by atoms with Gasteiger partial charge in [-0.3, -0.25) is 4.79 Å². The lowest BCUT2D eigenvalue weighted by molar-refractivity contribution is -0.143. The third kappa shape index (κ3) is 6.71. The van der Waals surface area contributed by atoms with Crippen molar-refractivity contribution >= 4 is 5.91 Å². The number of carbonyl (C=O) groups excluding carboxylic acids is 1. The molecule has 0 bridgehead atoms. The zero-order chi connectivity index (χ0) is 26.0.